The Morgan fingerprint density at radius 3 is 2.63 bits per heavy atom. The summed E-state index contributed by atoms with van der Waals surface area (Å²) in [5.41, 5.74) is 1.10. The van der Waals surface area contributed by atoms with Gasteiger partial charge in [-0.25, -0.2) is 0 Å². The van der Waals surface area contributed by atoms with Gasteiger partial charge in [0.15, 0.2) is 0 Å². The number of hydrogen-bond acceptors (Lipinski definition) is 2. The number of carbonyl (C=O) groups is 1. The van der Waals surface area contributed by atoms with Crippen LogP contribution in [0.5, 0.6) is 0 Å². The van der Waals surface area contributed by atoms with E-state index in [1.165, 1.54) is 12.8 Å². The zero-order valence-electron chi connectivity index (χ0n) is 12.0. The Morgan fingerprint density at radius 1 is 1.21 bits per heavy atom. The highest BCUT2D eigenvalue weighted by Crippen LogP contribution is 2.05. The van der Waals surface area contributed by atoms with Crippen molar-refractivity contribution in [3.05, 3.63) is 35.9 Å². The van der Waals surface area contributed by atoms with Crippen LogP contribution in [-0.2, 0) is 16.1 Å². The highest BCUT2D eigenvalue weighted by atomic mass is 16.5. The lowest BCUT2D eigenvalue weighted by molar-refractivity contribution is -0.125. The molecule has 1 aromatic rings. The van der Waals surface area contributed by atoms with Crippen molar-refractivity contribution in [3.63, 3.8) is 0 Å². The van der Waals surface area contributed by atoms with Crippen molar-refractivity contribution in [2.24, 2.45) is 5.92 Å². The Labute approximate surface area is 116 Å². The van der Waals surface area contributed by atoms with Crippen LogP contribution >= 0.6 is 0 Å². The Hall–Kier alpha value is -1.35. The summed E-state index contributed by atoms with van der Waals surface area (Å²) in [7, 11) is 0. The summed E-state index contributed by atoms with van der Waals surface area (Å²) in [6.45, 7) is 5.84. The molecule has 0 saturated heterocycles. The molecule has 0 spiro atoms. The predicted molar refractivity (Wildman–Crippen MR) is 77.8 cm³/mol. The molecule has 0 unspecified atom stereocenters. The normalized spacial score (nSPS) is 10.7. The van der Waals surface area contributed by atoms with Gasteiger partial charge in [-0.1, -0.05) is 57.0 Å². The molecule has 1 N–H and O–H groups in total. The average Bonchev–Trinajstić information content (AvgIpc) is 2.41. The maximum absolute atomic E-state index is 11.5. The summed E-state index contributed by atoms with van der Waals surface area (Å²) >= 11 is 0. The molecular formula is C16H25NO2. The van der Waals surface area contributed by atoms with Crippen LogP contribution in [0.3, 0.4) is 0 Å². The molecule has 0 aliphatic carbocycles. The first-order chi connectivity index (χ1) is 9.18. The topological polar surface area (TPSA) is 38.3 Å². The van der Waals surface area contributed by atoms with E-state index in [1.54, 1.807) is 0 Å². The minimum Gasteiger partial charge on any atom is -0.372 e. The van der Waals surface area contributed by atoms with Crippen molar-refractivity contribution < 1.29 is 9.53 Å². The highest BCUT2D eigenvalue weighted by molar-refractivity contribution is 5.77. The van der Waals surface area contributed by atoms with E-state index in [4.69, 9.17) is 4.74 Å². The molecule has 1 amide bonds. The molecule has 1 aromatic carbocycles. The van der Waals surface area contributed by atoms with Crippen molar-refractivity contribution in [2.45, 2.75) is 39.7 Å². The van der Waals surface area contributed by atoms with Gasteiger partial charge in [0.1, 0.15) is 6.61 Å². The van der Waals surface area contributed by atoms with Gasteiger partial charge in [0.25, 0.3) is 0 Å². The zero-order valence-corrected chi connectivity index (χ0v) is 12.0. The number of ether oxygens (including phenoxy) is 1. The lowest BCUT2D eigenvalue weighted by atomic mass is 10.1. The summed E-state index contributed by atoms with van der Waals surface area (Å²) in [5.74, 6) is 0.696. The molecule has 3 heteroatoms. The molecule has 0 radical (unpaired) electrons. The average molecular weight is 263 g/mol. The number of amides is 1. The number of nitrogens with one attached hydrogen (secondary N) is 1. The van der Waals surface area contributed by atoms with Gasteiger partial charge < -0.3 is 10.1 Å². The molecule has 0 fully saturated rings. The molecule has 0 aliphatic heterocycles. The second-order valence-electron chi connectivity index (χ2n) is 5.20. The van der Waals surface area contributed by atoms with Crippen molar-refractivity contribution in [3.8, 4) is 0 Å². The molecule has 0 aromatic heterocycles. The second-order valence-corrected chi connectivity index (χ2v) is 5.20. The second kappa shape index (κ2) is 9.56. The highest BCUT2D eigenvalue weighted by Gasteiger charge is 2.01. The SMILES string of the molecule is CC(C)CCCCOCC(=O)NCc1ccccc1. The van der Waals surface area contributed by atoms with Gasteiger partial charge in [0.2, 0.25) is 5.91 Å². The van der Waals surface area contributed by atoms with Crippen LogP contribution in [0.15, 0.2) is 30.3 Å². The van der Waals surface area contributed by atoms with E-state index in [0.29, 0.717) is 13.2 Å². The van der Waals surface area contributed by atoms with Crippen LogP contribution in [0.2, 0.25) is 0 Å². The zero-order chi connectivity index (χ0) is 13.9. The number of unbranched alkanes of at least 4 members (excludes halogenated alkanes) is 1. The van der Waals surface area contributed by atoms with Gasteiger partial charge in [-0.2, -0.15) is 0 Å². The summed E-state index contributed by atoms with van der Waals surface area (Å²) in [5, 5.41) is 2.84. The Morgan fingerprint density at radius 2 is 1.95 bits per heavy atom. The molecule has 19 heavy (non-hydrogen) atoms. The van der Waals surface area contributed by atoms with Gasteiger partial charge in [-0.3, -0.25) is 4.79 Å². The summed E-state index contributed by atoms with van der Waals surface area (Å²) in [4.78, 5) is 11.5. The maximum atomic E-state index is 11.5. The molecule has 0 aliphatic rings. The van der Waals surface area contributed by atoms with Crippen LogP contribution in [0.25, 0.3) is 0 Å². The number of carbonyl (C=O) groups excluding carboxylic acids is 1. The van der Waals surface area contributed by atoms with E-state index in [-0.39, 0.29) is 12.5 Å². The Bertz CT molecular complexity index is 349. The summed E-state index contributed by atoms with van der Waals surface area (Å²) in [6.07, 6.45) is 3.43. The summed E-state index contributed by atoms with van der Waals surface area (Å²) in [6, 6.07) is 9.88. The van der Waals surface area contributed by atoms with Crippen LogP contribution in [0, 0.1) is 5.92 Å². The quantitative estimate of drug-likeness (QED) is 0.695. The summed E-state index contributed by atoms with van der Waals surface area (Å²) < 4.78 is 5.35. The van der Waals surface area contributed by atoms with Crippen molar-refractivity contribution in [1.29, 1.82) is 0 Å². The molecule has 1 rings (SSSR count). The first-order valence-corrected chi connectivity index (χ1v) is 7.07. The van der Waals surface area contributed by atoms with Gasteiger partial charge in [0, 0.05) is 13.2 Å². The largest absolute Gasteiger partial charge is 0.372 e. The Kier molecular flexibility index (Phi) is 7.91. The van der Waals surface area contributed by atoms with E-state index in [1.807, 2.05) is 30.3 Å². The van der Waals surface area contributed by atoms with Gasteiger partial charge in [-0.15, -0.1) is 0 Å². The minimum atomic E-state index is -0.0484. The van der Waals surface area contributed by atoms with E-state index in [0.717, 1.165) is 17.9 Å². The molecule has 0 atom stereocenters. The van der Waals surface area contributed by atoms with E-state index >= 15 is 0 Å². The van der Waals surface area contributed by atoms with Crippen molar-refractivity contribution >= 4 is 5.91 Å². The van der Waals surface area contributed by atoms with Crippen molar-refractivity contribution in [2.75, 3.05) is 13.2 Å². The predicted octanol–water partition coefficient (Wildman–Crippen LogP) is 3.15. The molecule has 0 saturated carbocycles. The molecule has 0 heterocycles. The van der Waals surface area contributed by atoms with E-state index < -0.39 is 0 Å². The molecular weight excluding hydrogens is 238 g/mol. The van der Waals surface area contributed by atoms with Crippen LogP contribution in [-0.4, -0.2) is 19.1 Å². The van der Waals surface area contributed by atoms with E-state index in [2.05, 4.69) is 19.2 Å². The third-order valence-corrected chi connectivity index (χ3v) is 2.89. The molecule has 3 nitrogen and oxygen atoms in total. The van der Waals surface area contributed by atoms with Gasteiger partial charge in [-0.05, 0) is 17.9 Å². The Balaban J connectivity index is 1.99. The smallest absolute Gasteiger partial charge is 0.246 e. The molecule has 0 bridgehead atoms. The maximum Gasteiger partial charge on any atom is 0.246 e. The van der Waals surface area contributed by atoms with Crippen LogP contribution in [0.4, 0.5) is 0 Å². The fraction of sp³-hybridized carbons (Fsp3) is 0.562. The van der Waals surface area contributed by atoms with Gasteiger partial charge >= 0.3 is 0 Å². The minimum absolute atomic E-state index is 0.0484. The third-order valence-electron chi connectivity index (χ3n) is 2.89. The van der Waals surface area contributed by atoms with Crippen molar-refractivity contribution in [1.82, 2.24) is 5.32 Å². The first-order valence-electron chi connectivity index (χ1n) is 7.07. The van der Waals surface area contributed by atoms with E-state index in [9.17, 15) is 4.79 Å². The van der Waals surface area contributed by atoms with Crippen LogP contribution in [0.1, 0.15) is 38.7 Å². The fourth-order valence-corrected chi connectivity index (χ4v) is 1.77. The van der Waals surface area contributed by atoms with Gasteiger partial charge in [0.05, 0.1) is 0 Å². The monoisotopic (exact) mass is 263 g/mol. The molecule has 106 valence electrons. The number of hydrogen-bond donors (Lipinski definition) is 1. The van der Waals surface area contributed by atoms with Crippen LogP contribution < -0.4 is 5.32 Å². The third kappa shape index (κ3) is 8.38. The number of benzene rings is 1. The standard InChI is InChI=1S/C16H25NO2/c1-14(2)8-6-7-11-19-13-16(18)17-12-15-9-4-3-5-10-15/h3-5,9-10,14H,6-8,11-13H2,1-2H3,(H,17,18). The number of rotatable bonds is 9. The lowest BCUT2D eigenvalue weighted by Gasteiger charge is -2.07. The fourth-order valence-electron chi connectivity index (χ4n) is 1.77. The lowest BCUT2D eigenvalue weighted by Crippen LogP contribution is -2.27. The first kappa shape index (κ1) is 15.7.